The molecule has 0 radical (unpaired) electrons. The van der Waals surface area contributed by atoms with Gasteiger partial charge < -0.3 is 26.5 Å². The van der Waals surface area contributed by atoms with Gasteiger partial charge in [-0.05, 0) is 56.2 Å². The summed E-state index contributed by atoms with van der Waals surface area (Å²) in [6.07, 6.45) is 22.2. The van der Waals surface area contributed by atoms with Crippen LogP contribution >= 0.6 is 15.9 Å². The largest absolute Gasteiger partial charge is 1.00 e. The normalized spacial score (nSPS) is 9.02. The second-order valence-corrected chi connectivity index (χ2v) is 10.8. The van der Waals surface area contributed by atoms with Gasteiger partial charge in [-0.2, -0.15) is 0 Å². The summed E-state index contributed by atoms with van der Waals surface area (Å²) in [7, 11) is 0. The molecule has 0 fully saturated rings. The van der Waals surface area contributed by atoms with Crippen molar-refractivity contribution in [3.63, 3.8) is 0 Å². The van der Waals surface area contributed by atoms with Gasteiger partial charge >= 0.3 is 103 Å². The van der Waals surface area contributed by atoms with Crippen LogP contribution in [0.5, 0.6) is 17.2 Å². The van der Waals surface area contributed by atoms with Crippen LogP contribution in [0.25, 0.3) is 0 Å². The molecule has 0 aliphatic heterocycles. The first-order chi connectivity index (χ1) is 19.9. The van der Waals surface area contributed by atoms with Crippen LogP contribution in [-0.4, -0.2) is 28.6 Å². The quantitative estimate of drug-likeness (QED) is 0.0425. The van der Waals surface area contributed by atoms with E-state index >= 15 is 0 Å². The summed E-state index contributed by atoms with van der Waals surface area (Å²) >= 11 is 3.44. The standard InChI is InChI=1S/C17H28O.C10H21Br.C6H6O2.CH2O3.CH4.2K.H/c1-3-4-5-6-7-8-9-10-15-18-17-13-11-16(2)12-14-17;1-2-3-4-5-6-7-8-9-10-11;7-5-1-2-6(8)4-3-5;2-1-4-3;;;;/h11-14H,3-10,15H2,1-2H3;2-10H2,1H3;1-4,7-8H;1,3H;1H4;;;/q;;;;;2*+1;-1/p-1. The third kappa shape index (κ3) is 45.1. The number of aromatic hydroxyl groups is 2. The summed E-state index contributed by atoms with van der Waals surface area (Å²) in [6.45, 7) is 7.31. The third-order valence-electron chi connectivity index (χ3n) is 6.16. The number of halogens is 1. The van der Waals surface area contributed by atoms with Crippen LogP contribution in [0.2, 0.25) is 0 Å². The van der Waals surface area contributed by atoms with Crippen molar-refractivity contribution in [1.82, 2.24) is 0 Å². The Hall–Kier alpha value is 1.02. The van der Waals surface area contributed by atoms with E-state index in [2.05, 4.69) is 65.9 Å². The molecule has 9 heteroatoms. The molecule has 246 valence electrons. The maximum absolute atomic E-state index is 8.65. The van der Waals surface area contributed by atoms with E-state index in [4.69, 9.17) is 25.0 Å². The summed E-state index contributed by atoms with van der Waals surface area (Å²) in [5, 5.41) is 26.9. The molecule has 0 aliphatic carbocycles. The van der Waals surface area contributed by atoms with E-state index in [1.165, 1.54) is 138 Å². The third-order valence-corrected chi connectivity index (χ3v) is 6.72. The first-order valence-electron chi connectivity index (χ1n) is 15.4. The number of carbonyl (C=O) groups is 1. The predicted octanol–water partition coefficient (Wildman–Crippen LogP) is 4.33. The molecule has 0 aromatic heterocycles. The molecule has 0 atom stereocenters. The number of phenols is 2. The second kappa shape index (κ2) is 46.1. The number of aryl methyl sites for hydroxylation is 1. The van der Waals surface area contributed by atoms with E-state index in [0.717, 1.165) is 12.4 Å². The Morgan fingerprint density at radius 1 is 0.682 bits per heavy atom. The van der Waals surface area contributed by atoms with Gasteiger partial charge in [0.25, 0.3) is 6.47 Å². The van der Waals surface area contributed by atoms with Crippen LogP contribution in [0.4, 0.5) is 0 Å². The summed E-state index contributed by atoms with van der Waals surface area (Å²) in [4.78, 5) is 11.2. The maximum atomic E-state index is 8.65. The van der Waals surface area contributed by atoms with Crippen molar-refractivity contribution in [2.45, 2.75) is 131 Å². The fourth-order valence-corrected chi connectivity index (χ4v) is 4.14. The summed E-state index contributed by atoms with van der Waals surface area (Å²) in [5.41, 5.74) is 1.29. The minimum absolute atomic E-state index is 0. The fraction of sp³-hybridized carbons (Fsp3) is 0.629. The number of unbranched alkanes of at least 4 members (excludes halogenated alkanes) is 14. The monoisotopic (exact) mass is 734 g/mol. The van der Waals surface area contributed by atoms with Crippen LogP contribution in [0, 0.1) is 6.92 Å². The minimum atomic E-state index is -0.181. The number of rotatable bonds is 19. The number of hydrogen-bond acceptors (Lipinski definition) is 6. The Kier molecular flexibility index (Phi) is 57.1. The Labute approximate surface area is 365 Å². The van der Waals surface area contributed by atoms with Crippen molar-refractivity contribution in [1.29, 1.82) is 0 Å². The van der Waals surface area contributed by atoms with Gasteiger partial charge in [-0.3, -0.25) is 4.79 Å². The van der Waals surface area contributed by atoms with E-state index in [-0.39, 0.29) is 130 Å². The first-order valence-corrected chi connectivity index (χ1v) is 16.5. The van der Waals surface area contributed by atoms with Gasteiger partial charge in [0.15, 0.2) is 0 Å². The van der Waals surface area contributed by atoms with Crippen molar-refractivity contribution in [2.24, 2.45) is 0 Å². The van der Waals surface area contributed by atoms with Gasteiger partial charge in [0.2, 0.25) is 0 Å². The number of phenolic OH excluding ortho intramolecular Hbond substituents is 2. The number of ether oxygens (including phenoxy) is 1. The minimum Gasteiger partial charge on any atom is -1.00 e. The van der Waals surface area contributed by atoms with Crippen molar-refractivity contribution in [3.8, 4) is 17.2 Å². The Morgan fingerprint density at radius 2 is 1.02 bits per heavy atom. The molecule has 0 heterocycles. The Balaban J connectivity index is -0.000000122. The van der Waals surface area contributed by atoms with Gasteiger partial charge in [-0.15, -0.1) is 0 Å². The average molecular weight is 736 g/mol. The molecular weight excluding hydrogens is 674 g/mol. The number of carbonyl (C=O) groups excluding carboxylic acids is 1. The summed E-state index contributed by atoms with van der Waals surface area (Å²) in [6, 6.07) is 14.0. The van der Waals surface area contributed by atoms with Crippen LogP contribution < -0.4 is 113 Å². The first kappa shape index (κ1) is 54.5. The predicted molar refractivity (Wildman–Crippen MR) is 180 cm³/mol. The molecule has 0 saturated heterocycles. The molecule has 0 unspecified atom stereocenters. The van der Waals surface area contributed by atoms with Crippen molar-refractivity contribution in [3.05, 3.63) is 54.1 Å². The number of benzene rings is 2. The van der Waals surface area contributed by atoms with E-state index in [0.29, 0.717) is 0 Å². The van der Waals surface area contributed by atoms with Gasteiger partial charge in [-0.25, -0.2) is 0 Å². The molecule has 6 nitrogen and oxygen atoms in total. The molecule has 2 aromatic carbocycles. The molecule has 2 rings (SSSR count). The molecule has 0 spiro atoms. The van der Waals surface area contributed by atoms with Crippen molar-refractivity contribution < 1.29 is 134 Å². The molecule has 44 heavy (non-hydrogen) atoms. The van der Waals surface area contributed by atoms with E-state index in [1.54, 1.807) is 0 Å². The summed E-state index contributed by atoms with van der Waals surface area (Å²) in [5.74, 6) is 1.34. The van der Waals surface area contributed by atoms with Gasteiger partial charge in [0.1, 0.15) is 17.2 Å². The smallest absolute Gasteiger partial charge is 1.00 e. The fourth-order valence-electron chi connectivity index (χ4n) is 3.74. The van der Waals surface area contributed by atoms with Crippen LogP contribution in [0.1, 0.15) is 131 Å². The Morgan fingerprint density at radius 3 is 1.36 bits per heavy atom. The zero-order valence-corrected chi connectivity index (χ0v) is 35.7. The molecule has 0 aliphatic rings. The topological polar surface area (TPSA) is 99.1 Å². The molecule has 2 N–H and O–H groups in total. The molecule has 0 amide bonds. The zero-order valence-electron chi connectivity index (χ0n) is 28.8. The van der Waals surface area contributed by atoms with Gasteiger partial charge in [-0.1, -0.05) is 145 Å². The van der Waals surface area contributed by atoms with Gasteiger partial charge in [0, 0.05) is 5.33 Å². The molecule has 0 saturated carbocycles. The zero-order chi connectivity index (χ0) is 30.8. The van der Waals surface area contributed by atoms with Crippen molar-refractivity contribution >= 4 is 22.4 Å². The molecule has 2 aromatic rings. The second-order valence-electron chi connectivity index (χ2n) is 10.0. The number of hydrogen-bond donors (Lipinski definition) is 2. The van der Waals surface area contributed by atoms with Crippen LogP contribution in [0.15, 0.2) is 48.5 Å². The number of alkyl halides is 1. The SMILES string of the molecule is C.CCCCCCCCCCBr.CCCCCCCCCCOc1ccc(C)cc1.O=CO[O-].Oc1ccc(O)cc1.[H-].[K+].[K+]. The van der Waals surface area contributed by atoms with Gasteiger partial charge in [0.05, 0.1) is 6.61 Å². The van der Waals surface area contributed by atoms with Crippen LogP contribution in [-0.2, 0) is 9.68 Å². The van der Waals surface area contributed by atoms with E-state index in [9.17, 15) is 0 Å². The average Bonchev–Trinajstić information content (AvgIpc) is 2.99. The van der Waals surface area contributed by atoms with Crippen LogP contribution in [0.3, 0.4) is 0 Å². The molecule has 0 bridgehead atoms. The van der Waals surface area contributed by atoms with Crippen molar-refractivity contribution in [2.75, 3.05) is 11.9 Å². The molecular formula is C35H61BrK2O6. The summed E-state index contributed by atoms with van der Waals surface area (Å²) < 4.78 is 5.71. The maximum Gasteiger partial charge on any atom is 1.00 e. The van der Waals surface area contributed by atoms with E-state index in [1.807, 2.05) is 0 Å². The van der Waals surface area contributed by atoms with E-state index < -0.39 is 0 Å². The Bertz CT molecular complexity index is 758.